The molecule has 5 nitrogen and oxygen atoms in total. The highest BCUT2D eigenvalue weighted by Crippen LogP contribution is 2.36. The lowest BCUT2D eigenvalue weighted by Gasteiger charge is -2.03. The van der Waals surface area contributed by atoms with Gasteiger partial charge in [-0.1, -0.05) is 12.1 Å². The van der Waals surface area contributed by atoms with Gasteiger partial charge in [0.15, 0.2) is 11.5 Å². The number of hydrogen-bond acceptors (Lipinski definition) is 6. The number of ether oxygens (including phenoxy) is 2. The van der Waals surface area contributed by atoms with Crippen LogP contribution in [0.2, 0.25) is 0 Å². The average molecular weight is 473 g/mol. The van der Waals surface area contributed by atoms with E-state index < -0.39 is 0 Å². The van der Waals surface area contributed by atoms with Gasteiger partial charge in [-0.25, -0.2) is 4.98 Å². The molecule has 0 saturated carbocycles. The number of rotatable bonds is 4. The van der Waals surface area contributed by atoms with E-state index >= 15 is 0 Å². The smallest absolute Gasteiger partial charge is 0.231 e. The van der Waals surface area contributed by atoms with Gasteiger partial charge in [0.05, 0.1) is 11.4 Å². The largest absolute Gasteiger partial charge is 0.454 e. The second-order valence-electron chi connectivity index (χ2n) is 5.40. The molecule has 0 aliphatic carbocycles. The van der Waals surface area contributed by atoms with Crippen LogP contribution < -0.4 is 14.8 Å². The number of nitrogens with one attached hydrogen (secondary N) is 1. The van der Waals surface area contributed by atoms with Crippen molar-refractivity contribution in [2.75, 3.05) is 12.1 Å². The summed E-state index contributed by atoms with van der Waals surface area (Å²) in [5.74, 6) is 1.46. The van der Waals surface area contributed by atoms with E-state index in [-0.39, 0.29) is 6.79 Å². The van der Waals surface area contributed by atoms with Gasteiger partial charge >= 0.3 is 0 Å². The number of para-hydroxylation sites is 1. The molecule has 0 radical (unpaired) electrons. The molecule has 128 valence electrons. The van der Waals surface area contributed by atoms with Crippen molar-refractivity contribution in [2.45, 2.75) is 0 Å². The Morgan fingerprint density at radius 1 is 1.23 bits per heavy atom. The van der Waals surface area contributed by atoms with E-state index in [9.17, 15) is 5.26 Å². The summed E-state index contributed by atoms with van der Waals surface area (Å²) in [4.78, 5) is 4.60. The number of thiazole rings is 1. The van der Waals surface area contributed by atoms with Gasteiger partial charge in [0, 0.05) is 20.7 Å². The van der Waals surface area contributed by atoms with E-state index in [1.807, 2.05) is 47.8 Å². The third-order valence-corrected chi connectivity index (χ3v) is 5.59. The molecular formula is C19H12IN3O2S. The summed E-state index contributed by atoms with van der Waals surface area (Å²) < 4.78 is 11.8. The topological polar surface area (TPSA) is 67.2 Å². The highest BCUT2D eigenvalue weighted by Gasteiger charge is 2.16. The van der Waals surface area contributed by atoms with Crippen LogP contribution in [-0.4, -0.2) is 11.8 Å². The third-order valence-electron chi connectivity index (χ3n) is 3.77. The predicted molar refractivity (Wildman–Crippen MR) is 110 cm³/mol. The lowest BCUT2D eigenvalue weighted by molar-refractivity contribution is 0.174. The Labute approximate surface area is 168 Å². The van der Waals surface area contributed by atoms with E-state index in [4.69, 9.17) is 9.47 Å². The second-order valence-corrected chi connectivity index (χ2v) is 7.42. The van der Waals surface area contributed by atoms with Crippen LogP contribution in [0, 0.1) is 14.9 Å². The standard InChI is InChI=1S/C19H12IN3O2S/c20-14-3-1-2-4-15(14)22-9-13(8-21)19-23-16(10-26-19)12-5-6-17-18(7-12)25-11-24-17/h1-7,9-10,22H,11H2. The molecule has 0 atom stereocenters. The van der Waals surface area contributed by atoms with Crippen LogP contribution in [0.4, 0.5) is 5.69 Å². The van der Waals surface area contributed by atoms with Gasteiger partial charge < -0.3 is 14.8 Å². The molecule has 0 saturated heterocycles. The third kappa shape index (κ3) is 3.38. The first-order chi connectivity index (χ1) is 12.7. The maximum atomic E-state index is 9.50. The molecule has 2 aromatic carbocycles. The van der Waals surface area contributed by atoms with E-state index in [0.29, 0.717) is 16.3 Å². The Morgan fingerprint density at radius 3 is 2.92 bits per heavy atom. The quantitative estimate of drug-likeness (QED) is 0.421. The molecule has 1 aliphatic rings. The van der Waals surface area contributed by atoms with E-state index in [1.54, 1.807) is 6.20 Å². The first-order valence-corrected chi connectivity index (χ1v) is 9.68. The fourth-order valence-corrected chi connectivity index (χ4v) is 3.79. The molecule has 0 bridgehead atoms. The van der Waals surface area contributed by atoms with Crippen LogP contribution >= 0.6 is 33.9 Å². The minimum Gasteiger partial charge on any atom is -0.454 e. The number of hydrogen-bond donors (Lipinski definition) is 1. The Kier molecular flexibility index (Phi) is 4.77. The molecule has 0 fully saturated rings. The molecule has 1 aromatic heterocycles. The van der Waals surface area contributed by atoms with Crippen molar-refractivity contribution in [1.82, 2.24) is 4.98 Å². The lowest BCUT2D eigenvalue weighted by atomic mass is 10.1. The van der Waals surface area contributed by atoms with Crippen molar-refractivity contribution in [3.8, 4) is 28.8 Å². The summed E-state index contributed by atoms with van der Waals surface area (Å²) >= 11 is 3.68. The van der Waals surface area contributed by atoms with Crippen LogP contribution in [0.25, 0.3) is 16.8 Å². The van der Waals surface area contributed by atoms with Gasteiger partial charge in [-0.2, -0.15) is 5.26 Å². The van der Waals surface area contributed by atoms with Gasteiger partial charge in [0.2, 0.25) is 6.79 Å². The molecule has 26 heavy (non-hydrogen) atoms. The zero-order chi connectivity index (χ0) is 17.9. The molecule has 0 spiro atoms. The van der Waals surface area contributed by atoms with Gasteiger partial charge in [-0.15, -0.1) is 11.3 Å². The highest BCUT2D eigenvalue weighted by molar-refractivity contribution is 14.1. The molecular weight excluding hydrogens is 461 g/mol. The minimum atomic E-state index is 0.242. The van der Waals surface area contributed by atoms with Crippen LogP contribution in [0.1, 0.15) is 5.01 Å². The summed E-state index contributed by atoms with van der Waals surface area (Å²) in [5.41, 5.74) is 3.17. The second kappa shape index (κ2) is 7.35. The SMILES string of the molecule is N#CC(=CNc1ccccc1I)c1nc(-c2ccc3c(c2)OCO3)cs1. The van der Waals surface area contributed by atoms with Crippen LogP contribution in [0.5, 0.6) is 11.5 Å². The highest BCUT2D eigenvalue weighted by atomic mass is 127. The Hall–Kier alpha value is -2.57. The zero-order valence-electron chi connectivity index (χ0n) is 13.4. The summed E-state index contributed by atoms with van der Waals surface area (Å²) in [6.45, 7) is 0.242. The maximum absolute atomic E-state index is 9.50. The number of aromatic nitrogens is 1. The number of fused-ring (bicyclic) bond motifs is 1. The minimum absolute atomic E-state index is 0.242. The number of anilines is 1. The first-order valence-electron chi connectivity index (χ1n) is 7.72. The van der Waals surface area contributed by atoms with E-state index in [1.165, 1.54) is 11.3 Å². The van der Waals surface area contributed by atoms with Gasteiger partial charge in [-0.05, 0) is 52.9 Å². The zero-order valence-corrected chi connectivity index (χ0v) is 16.4. The first kappa shape index (κ1) is 16.9. The van der Waals surface area contributed by atoms with Crippen molar-refractivity contribution >= 4 is 45.2 Å². The Morgan fingerprint density at radius 2 is 2.08 bits per heavy atom. The molecule has 1 N–H and O–H groups in total. The molecule has 2 heterocycles. The van der Waals surface area contributed by atoms with Gasteiger partial charge in [-0.3, -0.25) is 0 Å². The van der Waals surface area contributed by atoms with Crippen molar-refractivity contribution in [3.63, 3.8) is 0 Å². The van der Waals surface area contributed by atoms with E-state index in [0.717, 1.165) is 26.3 Å². The number of nitriles is 1. The summed E-state index contributed by atoms with van der Waals surface area (Å²) in [5, 5.41) is 15.3. The summed E-state index contributed by atoms with van der Waals surface area (Å²) in [7, 11) is 0. The van der Waals surface area contributed by atoms with E-state index in [2.05, 4.69) is 39.0 Å². The summed E-state index contributed by atoms with van der Waals surface area (Å²) in [6, 6.07) is 15.8. The predicted octanol–water partition coefficient (Wildman–Crippen LogP) is 5.12. The Bertz CT molecular complexity index is 1040. The molecule has 0 unspecified atom stereocenters. The monoisotopic (exact) mass is 473 g/mol. The lowest BCUT2D eigenvalue weighted by Crippen LogP contribution is -1.93. The Balaban J connectivity index is 1.59. The molecule has 4 rings (SSSR count). The maximum Gasteiger partial charge on any atom is 0.231 e. The van der Waals surface area contributed by atoms with Crippen LogP contribution in [-0.2, 0) is 0 Å². The fourth-order valence-electron chi connectivity index (χ4n) is 2.46. The van der Waals surface area contributed by atoms with Gasteiger partial charge in [0.1, 0.15) is 16.6 Å². The normalized spacial score (nSPS) is 12.7. The van der Waals surface area contributed by atoms with Crippen molar-refractivity contribution in [2.24, 2.45) is 0 Å². The average Bonchev–Trinajstić information content (AvgIpc) is 3.32. The summed E-state index contributed by atoms with van der Waals surface area (Å²) in [6.07, 6.45) is 1.69. The van der Waals surface area contributed by atoms with Gasteiger partial charge in [0.25, 0.3) is 0 Å². The van der Waals surface area contributed by atoms with Crippen molar-refractivity contribution in [3.05, 3.63) is 62.6 Å². The molecule has 0 amide bonds. The molecule has 7 heteroatoms. The number of allylic oxidation sites excluding steroid dienone is 1. The number of benzene rings is 2. The number of nitrogens with zero attached hydrogens (tertiary/aromatic N) is 2. The van der Waals surface area contributed by atoms with Crippen LogP contribution in [0.3, 0.4) is 0 Å². The van der Waals surface area contributed by atoms with Crippen molar-refractivity contribution in [1.29, 1.82) is 5.26 Å². The molecule has 1 aliphatic heterocycles. The fraction of sp³-hybridized carbons (Fsp3) is 0.0526. The molecule has 3 aromatic rings. The van der Waals surface area contributed by atoms with Crippen LogP contribution in [0.15, 0.2) is 54.0 Å². The number of halogens is 1. The van der Waals surface area contributed by atoms with Crippen molar-refractivity contribution < 1.29 is 9.47 Å².